The van der Waals surface area contributed by atoms with Crippen LogP contribution in [0.5, 0.6) is 0 Å². The average Bonchev–Trinajstić information content (AvgIpc) is 2.48. The number of hydrogen-bond acceptors (Lipinski definition) is 4. The number of rotatable bonds is 4. The van der Waals surface area contributed by atoms with Crippen LogP contribution >= 0.6 is 11.3 Å². The Balaban J connectivity index is 2.52. The van der Waals surface area contributed by atoms with Crippen LogP contribution in [0, 0.1) is 6.92 Å². The maximum atomic E-state index is 10.8. The molecule has 1 rings (SSSR count). The van der Waals surface area contributed by atoms with Gasteiger partial charge in [0.05, 0.1) is 10.7 Å². The normalized spacial score (nSPS) is 11.6. The van der Waals surface area contributed by atoms with E-state index in [9.17, 15) is 4.79 Å². The fourth-order valence-electron chi connectivity index (χ4n) is 0.877. The van der Waals surface area contributed by atoms with E-state index in [1.54, 1.807) is 25.2 Å². The van der Waals surface area contributed by atoms with E-state index in [0.29, 0.717) is 6.54 Å². The van der Waals surface area contributed by atoms with Crippen LogP contribution in [0.15, 0.2) is 5.38 Å². The van der Waals surface area contributed by atoms with Crippen molar-refractivity contribution < 1.29 is 9.90 Å². The number of carbonyl (C=O) groups is 1. The second-order valence-corrected chi connectivity index (χ2v) is 4.70. The van der Waals surface area contributed by atoms with Gasteiger partial charge in [-0.3, -0.25) is 10.1 Å². The standard InChI is InChI=1S/C9H14N2O2S/c1-6-11-7(5-14-6)4-10-9(2,3)8(12)13/h5,10H,4H2,1-3H3,(H,12,13). The molecule has 0 saturated heterocycles. The molecular weight excluding hydrogens is 200 g/mol. The molecule has 0 amide bonds. The van der Waals surface area contributed by atoms with Crippen LogP contribution in [0.25, 0.3) is 0 Å². The third-order valence-corrected chi connectivity index (χ3v) is 2.74. The lowest BCUT2D eigenvalue weighted by atomic mass is 10.1. The van der Waals surface area contributed by atoms with Crippen LogP contribution in [0.2, 0.25) is 0 Å². The van der Waals surface area contributed by atoms with Crippen LogP contribution < -0.4 is 5.32 Å². The molecule has 1 heterocycles. The van der Waals surface area contributed by atoms with E-state index in [0.717, 1.165) is 10.7 Å². The molecule has 78 valence electrons. The Labute approximate surface area is 87.0 Å². The summed E-state index contributed by atoms with van der Waals surface area (Å²) in [4.78, 5) is 15.0. The van der Waals surface area contributed by atoms with Gasteiger partial charge in [-0.2, -0.15) is 0 Å². The van der Waals surface area contributed by atoms with E-state index in [1.807, 2.05) is 12.3 Å². The van der Waals surface area contributed by atoms with Crippen LogP contribution in [0.3, 0.4) is 0 Å². The van der Waals surface area contributed by atoms with Crippen LogP contribution in [-0.2, 0) is 11.3 Å². The second-order valence-electron chi connectivity index (χ2n) is 3.64. The van der Waals surface area contributed by atoms with E-state index in [2.05, 4.69) is 10.3 Å². The van der Waals surface area contributed by atoms with E-state index < -0.39 is 11.5 Å². The molecule has 0 unspecified atom stereocenters. The SMILES string of the molecule is Cc1nc(CNC(C)(C)C(=O)O)cs1. The van der Waals surface area contributed by atoms with Crippen molar-refractivity contribution in [2.24, 2.45) is 0 Å². The van der Waals surface area contributed by atoms with Gasteiger partial charge in [0, 0.05) is 11.9 Å². The largest absolute Gasteiger partial charge is 0.480 e. The van der Waals surface area contributed by atoms with Crippen molar-refractivity contribution in [2.45, 2.75) is 32.9 Å². The predicted octanol–water partition coefficient (Wildman–Crippen LogP) is 1.40. The monoisotopic (exact) mass is 214 g/mol. The Kier molecular flexibility index (Phi) is 3.23. The molecule has 0 aliphatic carbocycles. The van der Waals surface area contributed by atoms with Crippen molar-refractivity contribution in [2.75, 3.05) is 0 Å². The molecule has 0 radical (unpaired) electrons. The molecule has 0 atom stereocenters. The quantitative estimate of drug-likeness (QED) is 0.795. The third kappa shape index (κ3) is 2.78. The summed E-state index contributed by atoms with van der Waals surface area (Å²) in [5.41, 5.74) is -0.0147. The molecule has 1 aromatic rings. The lowest BCUT2D eigenvalue weighted by Crippen LogP contribution is -2.46. The molecule has 14 heavy (non-hydrogen) atoms. The van der Waals surface area contributed by atoms with E-state index >= 15 is 0 Å². The highest BCUT2D eigenvalue weighted by molar-refractivity contribution is 7.09. The van der Waals surface area contributed by atoms with Gasteiger partial charge in [-0.1, -0.05) is 0 Å². The Morgan fingerprint density at radius 3 is 2.79 bits per heavy atom. The van der Waals surface area contributed by atoms with Crippen LogP contribution in [-0.4, -0.2) is 21.6 Å². The fraction of sp³-hybridized carbons (Fsp3) is 0.556. The summed E-state index contributed by atoms with van der Waals surface area (Å²) in [6.45, 7) is 5.68. The lowest BCUT2D eigenvalue weighted by molar-refractivity contribution is -0.143. The number of thiazole rings is 1. The molecule has 1 aromatic heterocycles. The Morgan fingerprint density at radius 2 is 2.36 bits per heavy atom. The molecule has 5 heteroatoms. The molecule has 0 spiro atoms. The zero-order chi connectivity index (χ0) is 10.8. The lowest BCUT2D eigenvalue weighted by Gasteiger charge is -2.20. The van der Waals surface area contributed by atoms with Crippen molar-refractivity contribution in [3.63, 3.8) is 0 Å². The molecule has 0 aliphatic rings. The van der Waals surface area contributed by atoms with Crippen molar-refractivity contribution in [1.82, 2.24) is 10.3 Å². The summed E-state index contributed by atoms with van der Waals surface area (Å²) in [5, 5.41) is 14.7. The Hall–Kier alpha value is -0.940. The zero-order valence-electron chi connectivity index (χ0n) is 8.50. The van der Waals surface area contributed by atoms with Crippen molar-refractivity contribution >= 4 is 17.3 Å². The van der Waals surface area contributed by atoms with Crippen LogP contribution in [0.4, 0.5) is 0 Å². The first-order valence-electron chi connectivity index (χ1n) is 4.31. The van der Waals surface area contributed by atoms with Gasteiger partial charge in [-0.05, 0) is 20.8 Å². The number of hydrogen-bond donors (Lipinski definition) is 2. The average molecular weight is 214 g/mol. The molecule has 2 N–H and O–H groups in total. The van der Waals surface area contributed by atoms with Gasteiger partial charge < -0.3 is 5.11 Å². The summed E-state index contributed by atoms with van der Waals surface area (Å²) >= 11 is 1.56. The highest BCUT2D eigenvalue weighted by Crippen LogP contribution is 2.09. The molecule has 0 bridgehead atoms. The number of aryl methyl sites for hydroxylation is 1. The number of nitrogens with one attached hydrogen (secondary N) is 1. The summed E-state index contributed by atoms with van der Waals surface area (Å²) in [5.74, 6) is -0.857. The van der Waals surface area contributed by atoms with E-state index in [1.165, 1.54) is 0 Å². The minimum absolute atomic E-state index is 0.490. The minimum atomic E-state index is -0.905. The molecule has 4 nitrogen and oxygen atoms in total. The van der Waals surface area contributed by atoms with Crippen molar-refractivity contribution in [3.05, 3.63) is 16.1 Å². The summed E-state index contributed by atoms with van der Waals surface area (Å²) < 4.78 is 0. The van der Waals surface area contributed by atoms with Gasteiger partial charge in [0.1, 0.15) is 5.54 Å². The first-order valence-corrected chi connectivity index (χ1v) is 5.19. The van der Waals surface area contributed by atoms with Gasteiger partial charge in [0.25, 0.3) is 0 Å². The van der Waals surface area contributed by atoms with Gasteiger partial charge in [-0.25, -0.2) is 4.98 Å². The third-order valence-electron chi connectivity index (χ3n) is 1.91. The first-order chi connectivity index (χ1) is 6.42. The molecule has 0 saturated carbocycles. The fourth-order valence-corrected chi connectivity index (χ4v) is 1.49. The minimum Gasteiger partial charge on any atom is -0.480 e. The van der Waals surface area contributed by atoms with E-state index in [4.69, 9.17) is 5.11 Å². The Morgan fingerprint density at radius 1 is 1.71 bits per heavy atom. The number of aliphatic carboxylic acids is 1. The van der Waals surface area contributed by atoms with Gasteiger partial charge in [0.2, 0.25) is 0 Å². The zero-order valence-corrected chi connectivity index (χ0v) is 9.31. The highest BCUT2D eigenvalue weighted by Gasteiger charge is 2.26. The van der Waals surface area contributed by atoms with Crippen LogP contribution in [0.1, 0.15) is 24.5 Å². The summed E-state index contributed by atoms with van der Waals surface area (Å²) in [7, 11) is 0. The molecule has 0 aliphatic heterocycles. The number of nitrogens with zero attached hydrogens (tertiary/aromatic N) is 1. The number of carboxylic acids is 1. The molecule has 0 fully saturated rings. The first kappa shape index (κ1) is 11.1. The molecular formula is C9H14N2O2S. The topological polar surface area (TPSA) is 62.2 Å². The highest BCUT2D eigenvalue weighted by atomic mass is 32.1. The van der Waals surface area contributed by atoms with Gasteiger partial charge in [-0.15, -0.1) is 11.3 Å². The van der Waals surface area contributed by atoms with Crippen molar-refractivity contribution in [3.8, 4) is 0 Å². The predicted molar refractivity (Wildman–Crippen MR) is 55.4 cm³/mol. The summed E-state index contributed by atoms with van der Waals surface area (Å²) in [6, 6.07) is 0. The van der Waals surface area contributed by atoms with E-state index in [-0.39, 0.29) is 0 Å². The van der Waals surface area contributed by atoms with Crippen molar-refractivity contribution in [1.29, 1.82) is 0 Å². The van der Waals surface area contributed by atoms with Gasteiger partial charge >= 0.3 is 5.97 Å². The second kappa shape index (κ2) is 4.06. The molecule has 0 aromatic carbocycles. The maximum absolute atomic E-state index is 10.8. The number of carboxylic acid groups (broad SMARTS) is 1. The van der Waals surface area contributed by atoms with Gasteiger partial charge in [0.15, 0.2) is 0 Å². The smallest absolute Gasteiger partial charge is 0.323 e. The summed E-state index contributed by atoms with van der Waals surface area (Å²) in [6.07, 6.45) is 0. The number of aromatic nitrogens is 1. The Bertz CT molecular complexity index is 333. The maximum Gasteiger partial charge on any atom is 0.323 e.